The molecule has 1 aromatic heterocycles. The molecule has 0 unspecified atom stereocenters. The van der Waals surface area contributed by atoms with Crippen LogP contribution in [0.4, 0.5) is 0 Å². The van der Waals surface area contributed by atoms with Crippen molar-refractivity contribution >= 4 is 10.0 Å². The van der Waals surface area contributed by atoms with Crippen LogP contribution in [0.25, 0.3) is 0 Å². The Labute approximate surface area is 89.6 Å². The molecule has 4 N–H and O–H groups in total. The van der Waals surface area contributed by atoms with E-state index in [1.54, 1.807) is 6.20 Å². The van der Waals surface area contributed by atoms with Gasteiger partial charge in [0.15, 0.2) is 0 Å². The smallest absolute Gasteiger partial charge is 0.209 e. The predicted octanol–water partition coefficient (Wildman–Crippen LogP) is -0.239. The summed E-state index contributed by atoms with van der Waals surface area (Å²) in [6.07, 6.45) is 2.81. The molecule has 0 aliphatic carbocycles. The zero-order valence-electron chi connectivity index (χ0n) is 8.39. The summed E-state index contributed by atoms with van der Waals surface area (Å²) in [6.45, 7) is 0.463. The summed E-state index contributed by atoms with van der Waals surface area (Å²) in [5, 5.41) is 4.88. The first kappa shape index (κ1) is 12.1. The van der Waals surface area contributed by atoms with Gasteiger partial charge in [-0.25, -0.2) is 13.6 Å². The number of nitrogens with two attached hydrogens (primary N) is 2. The number of sulfonamides is 1. The highest BCUT2D eigenvalue weighted by Crippen LogP contribution is 2.02. The zero-order valence-corrected chi connectivity index (χ0v) is 9.20. The highest BCUT2D eigenvalue weighted by Gasteiger charge is 2.03. The first-order valence-electron chi connectivity index (χ1n) is 4.65. The van der Waals surface area contributed by atoms with Crippen molar-refractivity contribution in [2.45, 2.75) is 19.4 Å². The normalized spacial score (nSPS) is 11.6. The van der Waals surface area contributed by atoms with Gasteiger partial charge in [-0.1, -0.05) is 6.07 Å². The molecule has 15 heavy (non-hydrogen) atoms. The molecule has 0 aliphatic rings. The SMILES string of the molecule is NCc1ccc(CCCS(N)(=O)=O)nc1. The quantitative estimate of drug-likeness (QED) is 0.728. The Morgan fingerprint density at radius 1 is 1.33 bits per heavy atom. The molecule has 0 aliphatic heterocycles. The lowest BCUT2D eigenvalue weighted by Gasteiger charge is -2.01. The molecule has 0 fully saturated rings. The van der Waals surface area contributed by atoms with E-state index in [-0.39, 0.29) is 5.75 Å². The molecule has 0 radical (unpaired) electrons. The maximum Gasteiger partial charge on any atom is 0.209 e. The molecular formula is C9H15N3O2S. The number of pyridine rings is 1. The van der Waals surface area contributed by atoms with Gasteiger partial charge in [0.2, 0.25) is 10.0 Å². The van der Waals surface area contributed by atoms with Crippen molar-refractivity contribution in [2.24, 2.45) is 10.9 Å². The summed E-state index contributed by atoms with van der Waals surface area (Å²) >= 11 is 0. The second kappa shape index (κ2) is 5.20. The Morgan fingerprint density at radius 2 is 2.07 bits per heavy atom. The molecule has 1 aromatic rings. The van der Waals surface area contributed by atoms with E-state index in [2.05, 4.69) is 4.98 Å². The molecule has 1 heterocycles. The number of rotatable bonds is 5. The second-order valence-corrected chi connectivity index (χ2v) is 5.07. The van der Waals surface area contributed by atoms with Crippen LogP contribution in [0, 0.1) is 0 Å². The van der Waals surface area contributed by atoms with Crippen LogP contribution in [0.3, 0.4) is 0 Å². The van der Waals surface area contributed by atoms with Gasteiger partial charge in [0.1, 0.15) is 0 Å². The molecule has 0 saturated heterocycles. The fraction of sp³-hybridized carbons (Fsp3) is 0.444. The molecule has 0 spiro atoms. The zero-order chi connectivity index (χ0) is 11.3. The van der Waals surface area contributed by atoms with E-state index in [4.69, 9.17) is 10.9 Å². The van der Waals surface area contributed by atoms with Crippen molar-refractivity contribution in [1.82, 2.24) is 4.98 Å². The minimum atomic E-state index is -3.35. The third-order valence-corrected chi connectivity index (χ3v) is 2.84. The second-order valence-electron chi connectivity index (χ2n) is 3.33. The van der Waals surface area contributed by atoms with Gasteiger partial charge >= 0.3 is 0 Å². The van der Waals surface area contributed by atoms with E-state index in [1.165, 1.54) is 0 Å². The van der Waals surface area contributed by atoms with Crippen LogP contribution in [0.2, 0.25) is 0 Å². The fourth-order valence-corrected chi connectivity index (χ4v) is 1.72. The first-order valence-corrected chi connectivity index (χ1v) is 6.37. The minimum Gasteiger partial charge on any atom is -0.326 e. The van der Waals surface area contributed by atoms with Crippen LogP contribution < -0.4 is 10.9 Å². The van der Waals surface area contributed by atoms with Gasteiger partial charge in [-0.2, -0.15) is 0 Å². The monoisotopic (exact) mass is 229 g/mol. The number of primary sulfonamides is 1. The summed E-state index contributed by atoms with van der Waals surface area (Å²) in [5.41, 5.74) is 7.24. The standard InChI is InChI=1S/C9H15N3O2S/c10-6-8-3-4-9(12-7-8)2-1-5-15(11,13)14/h3-4,7H,1-2,5-6,10H2,(H2,11,13,14). The Morgan fingerprint density at radius 3 is 2.53 bits per heavy atom. The number of aromatic nitrogens is 1. The predicted molar refractivity (Wildman–Crippen MR) is 58.4 cm³/mol. The highest BCUT2D eigenvalue weighted by atomic mass is 32.2. The molecule has 0 saturated carbocycles. The Balaban J connectivity index is 2.45. The minimum absolute atomic E-state index is 0.00663. The Kier molecular flexibility index (Phi) is 4.19. The maximum atomic E-state index is 10.7. The topological polar surface area (TPSA) is 99.1 Å². The van der Waals surface area contributed by atoms with Crippen molar-refractivity contribution in [2.75, 3.05) is 5.75 Å². The van der Waals surface area contributed by atoms with Gasteiger partial charge < -0.3 is 5.73 Å². The van der Waals surface area contributed by atoms with Gasteiger partial charge in [-0.15, -0.1) is 0 Å². The number of nitrogens with zero attached hydrogens (tertiary/aromatic N) is 1. The van der Waals surface area contributed by atoms with Crippen molar-refractivity contribution in [3.05, 3.63) is 29.6 Å². The third kappa shape index (κ3) is 4.87. The van der Waals surface area contributed by atoms with Crippen LogP contribution >= 0.6 is 0 Å². The van der Waals surface area contributed by atoms with Gasteiger partial charge in [0.05, 0.1) is 5.75 Å². The van der Waals surface area contributed by atoms with Crippen molar-refractivity contribution < 1.29 is 8.42 Å². The molecule has 0 aromatic carbocycles. The molecule has 0 bridgehead atoms. The summed E-state index contributed by atoms with van der Waals surface area (Å²) in [5.74, 6) is -0.00663. The molecule has 1 rings (SSSR count). The summed E-state index contributed by atoms with van der Waals surface area (Å²) in [4.78, 5) is 4.15. The largest absolute Gasteiger partial charge is 0.326 e. The van der Waals surface area contributed by atoms with E-state index in [1.807, 2.05) is 12.1 Å². The molecular weight excluding hydrogens is 214 g/mol. The number of aryl methyl sites for hydroxylation is 1. The Bertz CT molecular complexity index is 400. The summed E-state index contributed by atoms with van der Waals surface area (Å²) in [6, 6.07) is 3.74. The lowest BCUT2D eigenvalue weighted by atomic mass is 10.2. The van der Waals surface area contributed by atoms with Crippen LogP contribution in [-0.2, 0) is 23.0 Å². The first-order chi connectivity index (χ1) is 7.01. The summed E-state index contributed by atoms with van der Waals surface area (Å²) < 4.78 is 21.3. The molecule has 6 heteroatoms. The lowest BCUT2D eigenvalue weighted by molar-refractivity contribution is 0.594. The highest BCUT2D eigenvalue weighted by molar-refractivity contribution is 7.89. The average molecular weight is 229 g/mol. The van der Waals surface area contributed by atoms with Crippen LogP contribution in [0.15, 0.2) is 18.3 Å². The van der Waals surface area contributed by atoms with Gasteiger partial charge in [-0.05, 0) is 24.5 Å². The summed E-state index contributed by atoms with van der Waals surface area (Å²) in [7, 11) is -3.35. The van der Waals surface area contributed by atoms with Crippen molar-refractivity contribution in [3.63, 3.8) is 0 Å². The van der Waals surface area contributed by atoms with Crippen molar-refractivity contribution in [3.8, 4) is 0 Å². The van der Waals surface area contributed by atoms with Crippen molar-refractivity contribution in [1.29, 1.82) is 0 Å². The Hall–Kier alpha value is -0.980. The van der Waals surface area contributed by atoms with E-state index in [9.17, 15) is 8.42 Å². The van der Waals surface area contributed by atoms with Gasteiger partial charge in [0, 0.05) is 18.4 Å². The fourth-order valence-electron chi connectivity index (χ4n) is 1.18. The van der Waals surface area contributed by atoms with E-state index in [0.717, 1.165) is 11.3 Å². The average Bonchev–Trinajstić information content (AvgIpc) is 2.17. The van der Waals surface area contributed by atoms with E-state index < -0.39 is 10.0 Å². The maximum absolute atomic E-state index is 10.7. The third-order valence-electron chi connectivity index (χ3n) is 1.98. The number of hydrogen-bond donors (Lipinski definition) is 2. The van der Waals surface area contributed by atoms with E-state index in [0.29, 0.717) is 19.4 Å². The molecule has 84 valence electrons. The van der Waals surface area contributed by atoms with Crippen LogP contribution in [0.5, 0.6) is 0 Å². The van der Waals surface area contributed by atoms with Gasteiger partial charge in [0.25, 0.3) is 0 Å². The number of hydrogen-bond acceptors (Lipinski definition) is 4. The van der Waals surface area contributed by atoms with Gasteiger partial charge in [-0.3, -0.25) is 4.98 Å². The van der Waals surface area contributed by atoms with E-state index >= 15 is 0 Å². The van der Waals surface area contributed by atoms with Crippen LogP contribution in [-0.4, -0.2) is 19.2 Å². The molecule has 0 amide bonds. The lowest BCUT2D eigenvalue weighted by Crippen LogP contribution is -2.16. The molecule has 5 nitrogen and oxygen atoms in total. The molecule has 0 atom stereocenters. The van der Waals surface area contributed by atoms with Crippen LogP contribution in [0.1, 0.15) is 17.7 Å².